The summed E-state index contributed by atoms with van der Waals surface area (Å²) in [5.41, 5.74) is 0. The van der Waals surface area contributed by atoms with E-state index in [0.717, 1.165) is 0 Å². The van der Waals surface area contributed by atoms with Crippen LogP contribution in [0.3, 0.4) is 0 Å². The fraction of sp³-hybridized carbons (Fsp3) is 0.818. The molecule has 0 aliphatic carbocycles. The normalized spacial score (nSPS) is 5.50. The average molecular weight is 226 g/mol. The largest absolute Gasteiger partial charge is 2.00 e. The van der Waals surface area contributed by atoms with Gasteiger partial charge in [-0.25, -0.2) is 0 Å². The van der Waals surface area contributed by atoms with Crippen LogP contribution in [0.1, 0.15) is 60.3 Å². The molecule has 12 heavy (non-hydrogen) atoms. The Morgan fingerprint density at radius 1 is 0.833 bits per heavy atom. The van der Waals surface area contributed by atoms with Gasteiger partial charge in [-0.3, -0.25) is 0 Å². The van der Waals surface area contributed by atoms with Crippen molar-refractivity contribution in [2.45, 2.75) is 60.3 Å². The number of rotatable bonds is 2. The maximum atomic E-state index is 3.25. The van der Waals surface area contributed by atoms with Gasteiger partial charge in [0.05, 0.1) is 0 Å². The van der Waals surface area contributed by atoms with Crippen molar-refractivity contribution in [2.75, 3.05) is 0 Å². The van der Waals surface area contributed by atoms with E-state index in [1.54, 1.807) is 6.92 Å². The van der Waals surface area contributed by atoms with Gasteiger partial charge in [-0.2, -0.15) is 6.92 Å². The molecule has 0 nitrogen and oxygen atoms in total. The molecule has 0 N–H and O–H groups in total. The summed E-state index contributed by atoms with van der Waals surface area (Å²) in [7, 11) is 0. The van der Waals surface area contributed by atoms with Gasteiger partial charge in [0.1, 0.15) is 0 Å². The van der Waals surface area contributed by atoms with Crippen LogP contribution in [-0.4, -0.2) is 0 Å². The van der Waals surface area contributed by atoms with Gasteiger partial charge in [0.2, 0.25) is 0 Å². The molecule has 0 rings (SSSR count). The number of unbranched alkanes of at least 4 members (excludes halogenated alkanes) is 2. The van der Waals surface area contributed by atoms with E-state index < -0.39 is 0 Å². The molecule has 0 unspecified atom stereocenters. The Labute approximate surface area is 94.3 Å². The first-order valence-electron chi connectivity index (χ1n) is 4.54. The first-order valence-corrected chi connectivity index (χ1v) is 4.54. The molecule has 0 fully saturated rings. The van der Waals surface area contributed by atoms with Crippen molar-refractivity contribution >= 4 is 0 Å². The molecule has 0 amide bonds. The molecule has 1 heteroatoms. The van der Waals surface area contributed by atoms with Crippen LogP contribution in [-0.2, 0) is 19.5 Å². The Hall–Kier alpha value is 0.623. The molecule has 0 spiro atoms. The molecule has 0 aliphatic heterocycles. The molecule has 0 saturated carbocycles. The summed E-state index contributed by atoms with van der Waals surface area (Å²) in [6.07, 6.45) is 5.33. The Balaban J connectivity index is -0.0000000209. The SMILES string of the molecule is CCC.CCCCC.[CH2-]C.[CH3-].[Zn+2]. The summed E-state index contributed by atoms with van der Waals surface area (Å²) < 4.78 is 0. The van der Waals surface area contributed by atoms with Crippen molar-refractivity contribution in [3.05, 3.63) is 14.4 Å². The molecule has 0 aromatic rings. The minimum Gasteiger partial charge on any atom is -0.358 e. The minimum atomic E-state index is 0. The van der Waals surface area contributed by atoms with Gasteiger partial charge in [-0.05, 0) is 0 Å². The van der Waals surface area contributed by atoms with Crippen molar-refractivity contribution in [3.63, 3.8) is 0 Å². The summed E-state index contributed by atoms with van der Waals surface area (Å²) >= 11 is 0. The van der Waals surface area contributed by atoms with Crippen molar-refractivity contribution in [1.82, 2.24) is 0 Å². The Morgan fingerprint density at radius 3 is 1.00 bits per heavy atom. The van der Waals surface area contributed by atoms with Gasteiger partial charge in [-0.1, -0.05) is 53.4 Å². The predicted octanol–water partition coefficient (Wildman–Crippen LogP) is 4.90. The third-order valence-corrected chi connectivity index (χ3v) is 0.707. The summed E-state index contributed by atoms with van der Waals surface area (Å²) in [4.78, 5) is 0. The van der Waals surface area contributed by atoms with Gasteiger partial charge in [0.25, 0.3) is 0 Å². The predicted molar refractivity (Wildman–Crippen MR) is 58.6 cm³/mol. The quantitative estimate of drug-likeness (QED) is 0.463. The first kappa shape index (κ1) is 29.3. The molecule has 0 atom stereocenters. The smallest absolute Gasteiger partial charge is 0.358 e. The molecule has 0 aromatic carbocycles. The zero-order chi connectivity index (χ0) is 8.83. The van der Waals surface area contributed by atoms with Crippen LogP contribution in [0, 0.1) is 14.4 Å². The van der Waals surface area contributed by atoms with E-state index in [1.807, 2.05) is 0 Å². The van der Waals surface area contributed by atoms with Crippen LogP contribution < -0.4 is 0 Å². The van der Waals surface area contributed by atoms with Crippen LogP contribution >= 0.6 is 0 Å². The molecule has 0 saturated heterocycles. The maximum absolute atomic E-state index is 3.25. The second-order valence-corrected chi connectivity index (χ2v) is 2.06. The Morgan fingerprint density at radius 2 is 1.00 bits per heavy atom. The molecule has 0 aromatic heterocycles. The zero-order valence-corrected chi connectivity index (χ0v) is 13.2. The van der Waals surface area contributed by atoms with Gasteiger partial charge in [-0.15, -0.1) is 0 Å². The zero-order valence-electron chi connectivity index (χ0n) is 10.2. The number of hydrogen-bond donors (Lipinski definition) is 0. The molecule has 0 bridgehead atoms. The van der Waals surface area contributed by atoms with E-state index in [9.17, 15) is 0 Å². The van der Waals surface area contributed by atoms with E-state index in [2.05, 4.69) is 34.6 Å². The molecular weight excluding hydrogens is 198 g/mol. The summed E-state index contributed by atoms with van der Waals surface area (Å²) in [5, 5.41) is 0. The van der Waals surface area contributed by atoms with E-state index in [0.29, 0.717) is 0 Å². The first-order chi connectivity index (χ1) is 4.83. The Bertz CT molecular complexity index is 19.0. The van der Waals surface area contributed by atoms with E-state index in [-0.39, 0.29) is 26.9 Å². The Kier molecular flexibility index (Phi) is 150. The van der Waals surface area contributed by atoms with Gasteiger partial charge in [0.15, 0.2) is 0 Å². The molecule has 74 valence electrons. The molecule has 0 heterocycles. The van der Waals surface area contributed by atoms with Crippen LogP contribution in [0.2, 0.25) is 0 Å². The van der Waals surface area contributed by atoms with E-state index in [1.165, 1.54) is 25.7 Å². The van der Waals surface area contributed by atoms with Crippen LogP contribution in [0.4, 0.5) is 0 Å². The maximum Gasteiger partial charge on any atom is 2.00 e. The fourth-order valence-corrected chi connectivity index (χ4v) is 0.354. The number of hydrogen-bond acceptors (Lipinski definition) is 0. The molecular formula is C11H28Zn. The van der Waals surface area contributed by atoms with E-state index >= 15 is 0 Å². The van der Waals surface area contributed by atoms with Gasteiger partial charge >= 0.3 is 19.5 Å². The summed E-state index contributed by atoms with van der Waals surface area (Å²) in [5.74, 6) is 0. The van der Waals surface area contributed by atoms with Gasteiger partial charge in [0, 0.05) is 0 Å². The van der Waals surface area contributed by atoms with Crippen LogP contribution in [0.5, 0.6) is 0 Å². The third kappa shape index (κ3) is 143. The van der Waals surface area contributed by atoms with Crippen molar-refractivity contribution in [3.8, 4) is 0 Å². The summed E-state index contributed by atoms with van der Waals surface area (Å²) in [6.45, 7) is 13.7. The average Bonchev–Trinajstić information content (AvgIpc) is 1.96. The second kappa shape index (κ2) is 61.4. The standard InChI is InChI=1S/C5H12.C3H8.C2H5.CH3.Zn/c1-3-5-4-2;1-3-2;1-2;;/h3-5H2,1-2H3;3H2,1-2H3;1H2,2H3;1H3;/q;;2*-1;+2. The van der Waals surface area contributed by atoms with Gasteiger partial charge < -0.3 is 14.4 Å². The minimum absolute atomic E-state index is 0. The summed E-state index contributed by atoms with van der Waals surface area (Å²) in [6, 6.07) is 0. The van der Waals surface area contributed by atoms with Crippen LogP contribution in [0.15, 0.2) is 0 Å². The van der Waals surface area contributed by atoms with Crippen molar-refractivity contribution < 1.29 is 19.5 Å². The monoisotopic (exact) mass is 224 g/mol. The van der Waals surface area contributed by atoms with E-state index in [4.69, 9.17) is 0 Å². The van der Waals surface area contributed by atoms with Crippen molar-refractivity contribution in [1.29, 1.82) is 0 Å². The molecule has 0 aliphatic rings. The second-order valence-electron chi connectivity index (χ2n) is 2.06. The van der Waals surface area contributed by atoms with Crippen molar-refractivity contribution in [2.24, 2.45) is 0 Å². The topological polar surface area (TPSA) is 0 Å². The third-order valence-electron chi connectivity index (χ3n) is 0.707. The fourth-order valence-electron chi connectivity index (χ4n) is 0.354. The van der Waals surface area contributed by atoms with Crippen LogP contribution in [0.25, 0.3) is 0 Å². The molecule has 0 radical (unpaired) electrons.